The van der Waals surface area contributed by atoms with Crippen LogP contribution in [0.25, 0.3) is 0 Å². The van der Waals surface area contributed by atoms with Crippen LogP contribution in [0.1, 0.15) is 170 Å². The Hall–Kier alpha value is -8.54. The smallest absolute Gasteiger partial charge is 0.410 e. The molecule has 29 nitrogen and oxygen atoms in total. The fourth-order valence-electron chi connectivity index (χ4n) is 13.1. The van der Waals surface area contributed by atoms with E-state index in [1.807, 2.05) is 32.0 Å². The van der Waals surface area contributed by atoms with Crippen molar-refractivity contribution >= 4 is 76.9 Å². The molecule has 0 saturated carbocycles. The molecule has 13 atom stereocenters. The van der Waals surface area contributed by atoms with Crippen LogP contribution in [0.2, 0.25) is 0 Å². The summed E-state index contributed by atoms with van der Waals surface area (Å²) in [5.41, 5.74) is 12.5. The number of carbonyl (C=O) groups excluding carboxylic acids is 12. The summed E-state index contributed by atoms with van der Waals surface area (Å²) in [5, 5.41) is 30.4. The number of methoxy groups -OCH3 is 2. The lowest BCUT2D eigenvalue weighted by molar-refractivity contribution is -0.148. The summed E-state index contributed by atoms with van der Waals surface area (Å²) in [6.07, 6.45) is 4.00. The van der Waals surface area contributed by atoms with Crippen molar-refractivity contribution in [1.29, 1.82) is 0 Å². The lowest BCUT2D eigenvalue weighted by atomic mass is 9.89. The molecule has 29 heteroatoms. The van der Waals surface area contributed by atoms with Gasteiger partial charge in [0.05, 0.1) is 48.8 Å². The number of anilines is 1. The van der Waals surface area contributed by atoms with Gasteiger partial charge in [0.25, 0.3) is 11.8 Å². The number of aliphatic hydroxyl groups excluding tert-OH is 1. The molecular formula is C74H117N13O16. The van der Waals surface area contributed by atoms with Gasteiger partial charge >= 0.3 is 12.1 Å². The summed E-state index contributed by atoms with van der Waals surface area (Å²) in [6, 6.07) is 7.33. The second kappa shape index (κ2) is 43.5. The van der Waals surface area contributed by atoms with E-state index in [1.54, 1.807) is 109 Å². The Labute approximate surface area is 607 Å². The van der Waals surface area contributed by atoms with Gasteiger partial charge in [0.2, 0.25) is 47.3 Å². The van der Waals surface area contributed by atoms with Gasteiger partial charge in [-0.3, -0.25) is 57.7 Å². The zero-order chi connectivity index (χ0) is 76.8. The fourth-order valence-corrected chi connectivity index (χ4v) is 13.1. The number of likely N-dealkylation sites (tertiary alicyclic amines) is 1. The molecule has 12 N–H and O–H groups in total. The van der Waals surface area contributed by atoms with Crippen molar-refractivity contribution in [3.05, 3.63) is 77.9 Å². The zero-order valence-corrected chi connectivity index (χ0v) is 62.8. The van der Waals surface area contributed by atoms with Gasteiger partial charge in [0.1, 0.15) is 36.8 Å². The first-order chi connectivity index (χ1) is 48.8. The molecule has 13 amide bonds. The summed E-state index contributed by atoms with van der Waals surface area (Å²) in [6.45, 7) is 18.7. The Morgan fingerprint density at radius 1 is 0.670 bits per heavy atom. The Balaban J connectivity index is 1.39. The molecule has 2 aliphatic heterocycles. The van der Waals surface area contributed by atoms with E-state index in [0.717, 1.165) is 4.90 Å². The van der Waals surface area contributed by atoms with Gasteiger partial charge in [-0.05, 0) is 118 Å². The molecule has 1 saturated heterocycles. The van der Waals surface area contributed by atoms with Crippen molar-refractivity contribution in [2.75, 3.05) is 59.8 Å². The minimum absolute atomic E-state index is 0.0303. The van der Waals surface area contributed by atoms with Crippen LogP contribution in [0.5, 0.6) is 0 Å². The minimum Gasteiger partial charge on any atom is -0.445 e. The Bertz CT molecular complexity index is 3140. The second-order valence-corrected chi connectivity index (χ2v) is 28.1. The van der Waals surface area contributed by atoms with E-state index in [-0.39, 0.29) is 81.3 Å². The van der Waals surface area contributed by atoms with Gasteiger partial charge < -0.3 is 77.8 Å². The number of nitrogens with one attached hydrogen (secondary N) is 7. The first-order valence-electron chi connectivity index (χ1n) is 36.2. The maximum Gasteiger partial charge on any atom is 0.410 e. The van der Waals surface area contributed by atoms with Gasteiger partial charge in [0, 0.05) is 72.2 Å². The highest BCUT2D eigenvalue weighted by Crippen LogP contribution is 2.31. The number of hydrogen-bond acceptors (Lipinski definition) is 17. The summed E-state index contributed by atoms with van der Waals surface area (Å²) >= 11 is 0. The van der Waals surface area contributed by atoms with Crippen molar-refractivity contribution in [3.8, 4) is 0 Å². The van der Waals surface area contributed by atoms with E-state index < -0.39 is 138 Å². The number of likely N-dealkylation sites (N-methyl/N-ethyl adjacent to an activating group) is 2. The summed E-state index contributed by atoms with van der Waals surface area (Å²) in [4.78, 5) is 167. The highest BCUT2D eigenvalue weighted by Gasteiger charge is 2.44. The number of benzene rings is 2. The standard InChI is InChI=1S/C74H117N13O16/c1-15-47(8)64(56(101-13)42-60(91)86-41-25-30-55(86)66(102-14)48(9)67(93)78-49(10)65(92)51-26-18-16-19-27-51)84(11)72(98)62(45(4)5)83-71(97)63(46(6)7)85(12)74(100)103-43-50-32-34-52(35-33-50)79-68(94)54(29-24-39-77-73(76)99)81-70(96)61(44(2)3)82-69(95)53(28-21-22-38-75)80-57(88)31-20-17-23-40-87-58(89)36-37-59(87)90/h16,18-19,26-27,32-37,44-49,53-56,61-66,92H,15,17,20-25,28-31,38-43,75H2,1-14H3,(H,78,93)(H,79,94)(H,80,88)(H,81,96)(H,82,95)(H,83,97)(H3,76,77,99)/t47-,48+,49+,53-,54-,55-,56+,61-,62-,63-,64-,65+,66+/m0/s1. The number of amides is 13. The van der Waals surface area contributed by atoms with Crippen LogP contribution in [0.4, 0.5) is 15.3 Å². The van der Waals surface area contributed by atoms with E-state index in [0.29, 0.717) is 81.3 Å². The summed E-state index contributed by atoms with van der Waals surface area (Å²) in [5.74, 6) is -7.00. The second-order valence-electron chi connectivity index (χ2n) is 28.1. The van der Waals surface area contributed by atoms with Crippen LogP contribution in [-0.2, 0) is 68.8 Å². The third-order valence-electron chi connectivity index (χ3n) is 19.3. The molecule has 0 aliphatic carbocycles. The number of rotatable bonds is 44. The van der Waals surface area contributed by atoms with Crippen LogP contribution < -0.4 is 48.7 Å². The van der Waals surface area contributed by atoms with Crippen molar-refractivity contribution in [1.82, 2.24) is 51.5 Å². The number of nitrogens with two attached hydrogens (primary N) is 2. The molecular weight excluding hydrogens is 1330 g/mol. The SMILES string of the molecule is CC[C@H](C)[C@@H]([C@@H](CC(=O)N1CCC[C@H]1[C@H](OC)[C@@H](C)C(=O)N[C@H](C)[C@@H](O)c1ccccc1)OC)N(C)C(=O)[C@@H](NC(=O)[C@H](C(C)C)N(C)C(=O)OCc1ccc(NC(=O)[C@H](CCCNC(N)=O)NC(=O)[C@@H](NC(=O)[C@H](CCCCN)NC(=O)CCCCCN2C(=O)C=CC2=O)C(C)C)cc1)C(C)C. The molecule has 0 radical (unpaired) electrons. The Kier molecular flexibility index (Phi) is 36.7. The number of nitrogens with zero attached hydrogens (tertiary/aromatic N) is 4. The van der Waals surface area contributed by atoms with Crippen LogP contribution in [0.15, 0.2) is 66.7 Å². The largest absolute Gasteiger partial charge is 0.445 e. The molecule has 1 fully saturated rings. The van der Waals surface area contributed by atoms with Crippen molar-refractivity contribution in [3.63, 3.8) is 0 Å². The van der Waals surface area contributed by atoms with Crippen molar-refractivity contribution in [2.45, 2.75) is 226 Å². The highest BCUT2D eigenvalue weighted by atomic mass is 16.6. The molecule has 2 aliphatic rings. The minimum atomic E-state index is -1.19. The molecule has 0 spiro atoms. The number of aliphatic hydroxyl groups is 1. The lowest BCUT2D eigenvalue weighted by Gasteiger charge is -2.41. The molecule has 2 heterocycles. The Morgan fingerprint density at radius 3 is 1.87 bits per heavy atom. The summed E-state index contributed by atoms with van der Waals surface area (Å²) in [7, 11) is 6.06. The topological polar surface area (TPSA) is 402 Å². The van der Waals surface area contributed by atoms with E-state index >= 15 is 0 Å². The molecule has 574 valence electrons. The molecule has 0 aromatic heterocycles. The van der Waals surface area contributed by atoms with E-state index in [9.17, 15) is 62.6 Å². The van der Waals surface area contributed by atoms with Gasteiger partial charge in [-0.2, -0.15) is 0 Å². The number of imide groups is 1. The number of hydrogen-bond donors (Lipinski definition) is 10. The average Bonchev–Trinajstić information content (AvgIpc) is 1.80. The molecule has 2 aromatic carbocycles. The van der Waals surface area contributed by atoms with E-state index in [4.69, 9.17) is 25.7 Å². The van der Waals surface area contributed by atoms with Gasteiger partial charge in [-0.25, -0.2) is 9.59 Å². The normalized spacial score (nSPS) is 17.2. The average molecular weight is 1440 g/mol. The zero-order valence-electron chi connectivity index (χ0n) is 62.8. The van der Waals surface area contributed by atoms with E-state index in [2.05, 4.69) is 37.2 Å². The fraction of sp³-hybridized carbons (Fsp3) is 0.649. The monoisotopic (exact) mass is 1440 g/mol. The van der Waals surface area contributed by atoms with Crippen LogP contribution in [-0.4, -0.2) is 211 Å². The third-order valence-corrected chi connectivity index (χ3v) is 19.3. The molecule has 4 rings (SSSR count). The lowest BCUT2D eigenvalue weighted by Crippen LogP contribution is -2.60. The number of urea groups is 1. The maximum atomic E-state index is 14.9. The van der Waals surface area contributed by atoms with Crippen molar-refractivity contribution < 1.29 is 76.9 Å². The highest BCUT2D eigenvalue weighted by molar-refractivity contribution is 6.12. The van der Waals surface area contributed by atoms with Crippen molar-refractivity contribution in [2.24, 2.45) is 41.1 Å². The quantitative estimate of drug-likeness (QED) is 0.0318. The molecule has 103 heavy (non-hydrogen) atoms. The van der Waals surface area contributed by atoms with E-state index in [1.165, 1.54) is 38.3 Å². The maximum absolute atomic E-state index is 14.9. The predicted octanol–water partition coefficient (Wildman–Crippen LogP) is 4.69. The van der Waals surface area contributed by atoms with Crippen LogP contribution in [0.3, 0.4) is 0 Å². The number of unbranched alkanes of at least 4 members (excludes halogenated alkanes) is 3. The first-order valence-corrected chi connectivity index (χ1v) is 36.2. The first kappa shape index (κ1) is 86.9. The number of ether oxygens (including phenoxy) is 3. The predicted molar refractivity (Wildman–Crippen MR) is 388 cm³/mol. The third kappa shape index (κ3) is 26.6. The number of carbonyl (C=O) groups is 12. The van der Waals surface area contributed by atoms with Gasteiger partial charge in [-0.15, -0.1) is 0 Å². The van der Waals surface area contributed by atoms with Crippen LogP contribution >= 0.6 is 0 Å². The molecule has 0 unspecified atom stereocenters. The van der Waals surface area contributed by atoms with Gasteiger partial charge in [0.15, 0.2) is 0 Å². The Morgan fingerprint density at radius 2 is 1.29 bits per heavy atom. The van der Waals surface area contributed by atoms with Crippen LogP contribution in [0, 0.1) is 29.6 Å². The molecule has 0 bridgehead atoms. The number of primary amides is 1. The van der Waals surface area contributed by atoms with Gasteiger partial charge in [-0.1, -0.05) is 118 Å². The summed E-state index contributed by atoms with van der Waals surface area (Å²) < 4.78 is 17.8. The molecule has 2 aromatic rings.